The number of anilines is 1. The normalized spacial score (nSPS) is 25.7. The van der Waals surface area contributed by atoms with Crippen LogP contribution in [0.15, 0.2) is 4.42 Å². The van der Waals surface area contributed by atoms with E-state index in [1.807, 2.05) is 18.7 Å². The summed E-state index contributed by atoms with van der Waals surface area (Å²) in [7, 11) is 0. The van der Waals surface area contributed by atoms with Gasteiger partial charge in [-0.05, 0) is 33.2 Å². The second-order valence-electron chi connectivity index (χ2n) is 5.27. The van der Waals surface area contributed by atoms with Gasteiger partial charge in [-0.3, -0.25) is 0 Å². The Balaban J connectivity index is 1.98. The summed E-state index contributed by atoms with van der Waals surface area (Å²) in [6, 6.07) is 0.572. The minimum Gasteiger partial charge on any atom is -0.406 e. The number of aromatic nitrogens is 2. The van der Waals surface area contributed by atoms with Crippen LogP contribution in [0.5, 0.6) is 0 Å². The predicted octanol–water partition coefficient (Wildman–Crippen LogP) is 1.09. The summed E-state index contributed by atoms with van der Waals surface area (Å²) in [5.41, 5.74) is -0.652. The van der Waals surface area contributed by atoms with Crippen molar-refractivity contribution in [1.29, 1.82) is 0 Å². The quantitative estimate of drug-likeness (QED) is 0.819. The molecular weight excluding hydrogens is 232 g/mol. The van der Waals surface area contributed by atoms with E-state index in [1.165, 1.54) is 0 Å². The van der Waals surface area contributed by atoms with E-state index in [-0.39, 0.29) is 6.04 Å². The highest BCUT2D eigenvalue weighted by Crippen LogP contribution is 2.26. The average molecular weight is 254 g/mol. The van der Waals surface area contributed by atoms with Crippen molar-refractivity contribution in [3.63, 3.8) is 0 Å². The van der Waals surface area contributed by atoms with Gasteiger partial charge in [-0.15, -0.1) is 5.10 Å². The molecule has 2 rings (SSSR count). The highest BCUT2D eigenvalue weighted by atomic mass is 16.4. The molecule has 0 aliphatic carbocycles. The number of nitrogens with one attached hydrogen (secondary N) is 1. The summed E-state index contributed by atoms with van der Waals surface area (Å²) in [5.74, 6) is 0.602. The van der Waals surface area contributed by atoms with Gasteiger partial charge < -0.3 is 19.7 Å². The van der Waals surface area contributed by atoms with Crippen LogP contribution in [0.3, 0.4) is 0 Å². The lowest BCUT2D eigenvalue weighted by Gasteiger charge is -2.16. The third-order valence-electron chi connectivity index (χ3n) is 3.22. The van der Waals surface area contributed by atoms with Crippen LogP contribution in [-0.4, -0.2) is 40.5 Å². The van der Waals surface area contributed by atoms with Crippen LogP contribution in [0.1, 0.15) is 45.5 Å². The van der Waals surface area contributed by atoms with Gasteiger partial charge in [0.25, 0.3) is 0 Å². The van der Waals surface area contributed by atoms with Gasteiger partial charge in [0.15, 0.2) is 0 Å². The maximum atomic E-state index is 9.91. The number of hydrogen-bond acceptors (Lipinski definition) is 6. The second kappa shape index (κ2) is 5.24. The van der Waals surface area contributed by atoms with Crippen molar-refractivity contribution < 1.29 is 9.52 Å². The van der Waals surface area contributed by atoms with Crippen molar-refractivity contribution >= 4 is 6.01 Å². The molecule has 2 atom stereocenters. The van der Waals surface area contributed by atoms with Crippen molar-refractivity contribution in [2.24, 2.45) is 0 Å². The van der Waals surface area contributed by atoms with Crippen LogP contribution in [0.25, 0.3) is 0 Å². The first-order chi connectivity index (χ1) is 8.52. The Bertz CT molecular complexity index is 391. The van der Waals surface area contributed by atoms with Gasteiger partial charge in [-0.1, -0.05) is 12.0 Å². The number of rotatable bonds is 5. The molecule has 0 saturated carbocycles. The highest BCUT2D eigenvalue weighted by Gasteiger charge is 2.34. The Hall–Kier alpha value is -1.14. The first kappa shape index (κ1) is 13.3. The van der Waals surface area contributed by atoms with Crippen molar-refractivity contribution in [3.05, 3.63) is 5.89 Å². The predicted molar refractivity (Wildman–Crippen MR) is 68.5 cm³/mol. The summed E-state index contributed by atoms with van der Waals surface area (Å²) in [6.07, 6.45) is 1.80. The molecule has 0 aromatic carbocycles. The molecule has 2 heterocycles. The zero-order chi connectivity index (χ0) is 13.2. The molecule has 6 heteroatoms. The van der Waals surface area contributed by atoms with Crippen molar-refractivity contribution in [2.45, 2.75) is 45.3 Å². The van der Waals surface area contributed by atoms with Gasteiger partial charge in [-0.2, -0.15) is 0 Å². The van der Waals surface area contributed by atoms with E-state index < -0.39 is 5.60 Å². The van der Waals surface area contributed by atoms with Crippen LogP contribution >= 0.6 is 0 Å². The average Bonchev–Trinajstić information content (AvgIpc) is 2.92. The smallest absolute Gasteiger partial charge is 0.318 e. The molecule has 1 aliphatic heterocycles. The van der Waals surface area contributed by atoms with Crippen LogP contribution in [0.2, 0.25) is 0 Å². The molecule has 0 spiro atoms. The molecular formula is C12H22N4O2. The fourth-order valence-corrected chi connectivity index (χ4v) is 2.09. The molecule has 0 amide bonds. The molecule has 2 N–H and O–H groups in total. The van der Waals surface area contributed by atoms with Crippen LogP contribution in [0, 0.1) is 0 Å². The zero-order valence-electron chi connectivity index (χ0n) is 11.3. The Morgan fingerprint density at radius 3 is 2.94 bits per heavy atom. The standard InChI is InChI=1S/C12H22N4O2/c1-4-6-13-9(2)10-14-15-11(18-10)16-7-5-12(3,17)8-16/h9,13,17H,4-8H2,1-3H3. The van der Waals surface area contributed by atoms with Crippen molar-refractivity contribution in [2.75, 3.05) is 24.5 Å². The first-order valence-corrected chi connectivity index (χ1v) is 6.56. The summed E-state index contributed by atoms with van der Waals surface area (Å²) in [5, 5.41) is 21.3. The largest absolute Gasteiger partial charge is 0.406 e. The van der Waals surface area contributed by atoms with Gasteiger partial charge >= 0.3 is 6.01 Å². The minimum atomic E-state index is -0.652. The molecule has 0 bridgehead atoms. The number of aliphatic hydroxyl groups is 1. The Kier molecular flexibility index (Phi) is 3.87. The lowest BCUT2D eigenvalue weighted by Crippen LogP contribution is -2.29. The van der Waals surface area contributed by atoms with Gasteiger partial charge in [-0.25, -0.2) is 0 Å². The zero-order valence-corrected chi connectivity index (χ0v) is 11.3. The molecule has 2 unspecified atom stereocenters. The van der Waals surface area contributed by atoms with E-state index >= 15 is 0 Å². The number of β-amino-alcohol motifs (C(OH)–C–C–N with tert-alkyl or cyclic N) is 1. The summed E-state index contributed by atoms with van der Waals surface area (Å²) in [6.45, 7) is 8.18. The molecule has 6 nitrogen and oxygen atoms in total. The van der Waals surface area contributed by atoms with E-state index in [0.29, 0.717) is 18.5 Å². The monoisotopic (exact) mass is 254 g/mol. The lowest BCUT2D eigenvalue weighted by atomic mass is 10.1. The SMILES string of the molecule is CCCNC(C)c1nnc(N2CCC(C)(O)C2)o1. The molecule has 0 radical (unpaired) electrons. The van der Waals surface area contributed by atoms with Gasteiger partial charge in [0.2, 0.25) is 5.89 Å². The topological polar surface area (TPSA) is 74.4 Å². The summed E-state index contributed by atoms with van der Waals surface area (Å²) >= 11 is 0. The number of nitrogens with zero attached hydrogens (tertiary/aromatic N) is 3. The van der Waals surface area contributed by atoms with Gasteiger partial charge in [0.05, 0.1) is 18.2 Å². The lowest BCUT2D eigenvalue weighted by molar-refractivity contribution is 0.0836. The highest BCUT2D eigenvalue weighted by molar-refractivity contribution is 5.28. The van der Waals surface area contributed by atoms with Crippen LogP contribution in [-0.2, 0) is 0 Å². The molecule has 1 fully saturated rings. The Morgan fingerprint density at radius 2 is 2.33 bits per heavy atom. The van der Waals surface area contributed by atoms with Crippen LogP contribution in [0.4, 0.5) is 6.01 Å². The van der Waals surface area contributed by atoms with Crippen molar-refractivity contribution in [1.82, 2.24) is 15.5 Å². The van der Waals surface area contributed by atoms with Crippen LogP contribution < -0.4 is 10.2 Å². The number of hydrogen-bond donors (Lipinski definition) is 2. The van der Waals surface area contributed by atoms with Gasteiger partial charge in [0, 0.05) is 6.54 Å². The van der Waals surface area contributed by atoms with Gasteiger partial charge in [0.1, 0.15) is 0 Å². The van der Waals surface area contributed by atoms with E-state index in [1.54, 1.807) is 0 Å². The second-order valence-corrected chi connectivity index (χ2v) is 5.27. The van der Waals surface area contributed by atoms with E-state index in [0.717, 1.165) is 25.9 Å². The third-order valence-corrected chi connectivity index (χ3v) is 3.22. The third kappa shape index (κ3) is 3.00. The summed E-state index contributed by atoms with van der Waals surface area (Å²) < 4.78 is 5.65. The maximum Gasteiger partial charge on any atom is 0.318 e. The first-order valence-electron chi connectivity index (χ1n) is 6.56. The van der Waals surface area contributed by atoms with E-state index in [9.17, 15) is 5.11 Å². The molecule has 18 heavy (non-hydrogen) atoms. The van der Waals surface area contributed by atoms with E-state index in [4.69, 9.17) is 4.42 Å². The molecule has 1 aliphatic rings. The van der Waals surface area contributed by atoms with E-state index in [2.05, 4.69) is 22.4 Å². The fourth-order valence-electron chi connectivity index (χ4n) is 2.09. The molecule has 102 valence electrons. The Morgan fingerprint density at radius 1 is 1.56 bits per heavy atom. The molecule has 1 aromatic rings. The summed E-state index contributed by atoms with van der Waals surface area (Å²) in [4.78, 5) is 1.93. The maximum absolute atomic E-state index is 9.91. The minimum absolute atomic E-state index is 0.0642. The van der Waals surface area contributed by atoms with Crippen molar-refractivity contribution in [3.8, 4) is 0 Å². The fraction of sp³-hybridized carbons (Fsp3) is 0.833. The Labute approximate surface area is 107 Å². The molecule has 1 aromatic heterocycles. The molecule has 1 saturated heterocycles.